The molecule has 2 unspecified atom stereocenters. The second-order valence-corrected chi connectivity index (χ2v) is 4.61. The molecule has 0 saturated heterocycles. The minimum atomic E-state index is -0.847. The van der Waals surface area contributed by atoms with E-state index >= 15 is 0 Å². The summed E-state index contributed by atoms with van der Waals surface area (Å²) in [5.74, 6) is -1.52. The van der Waals surface area contributed by atoms with Gasteiger partial charge in [-0.15, -0.1) is 0 Å². The van der Waals surface area contributed by atoms with Gasteiger partial charge in [-0.2, -0.15) is 0 Å². The number of benzene rings is 1. The average molecular weight is 243 g/mol. The summed E-state index contributed by atoms with van der Waals surface area (Å²) in [6.45, 7) is 6.13. The highest BCUT2D eigenvalue weighted by molar-refractivity contribution is 5.20. The topological polar surface area (TPSA) is 32.3 Å². The maximum Gasteiger partial charge on any atom is 0.159 e. The van der Waals surface area contributed by atoms with Crippen molar-refractivity contribution in [3.05, 3.63) is 35.4 Å². The first-order valence-electron chi connectivity index (χ1n) is 5.78. The fraction of sp³-hybridized carbons (Fsp3) is 0.538. The molecular weight excluding hydrogens is 224 g/mol. The highest BCUT2D eigenvalue weighted by Gasteiger charge is 2.12. The quantitative estimate of drug-likeness (QED) is 0.833. The van der Waals surface area contributed by atoms with Gasteiger partial charge in [-0.25, -0.2) is 8.78 Å². The Kier molecular flexibility index (Phi) is 5.02. The number of nitrogens with one attached hydrogen (secondary N) is 1. The van der Waals surface area contributed by atoms with Crippen LogP contribution in [0.15, 0.2) is 18.2 Å². The summed E-state index contributed by atoms with van der Waals surface area (Å²) < 4.78 is 25.8. The van der Waals surface area contributed by atoms with E-state index in [1.807, 2.05) is 20.8 Å². The van der Waals surface area contributed by atoms with E-state index in [1.165, 1.54) is 12.1 Å². The Labute approximate surface area is 101 Å². The molecule has 0 amide bonds. The highest BCUT2D eigenvalue weighted by atomic mass is 19.2. The van der Waals surface area contributed by atoms with Gasteiger partial charge in [0.25, 0.3) is 0 Å². The van der Waals surface area contributed by atoms with Crippen molar-refractivity contribution < 1.29 is 13.9 Å². The molecule has 1 aromatic carbocycles. The maximum atomic E-state index is 13.0. The van der Waals surface area contributed by atoms with Crippen LogP contribution in [-0.2, 0) is 0 Å². The lowest BCUT2D eigenvalue weighted by Gasteiger charge is -2.19. The minimum Gasteiger partial charge on any atom is -0.392 e. The zero-order valence-electron chi connectivity index (χ0n) is 10.4. The van der Waals surface area contributed by atoms with Gasteiger partial charge in [0, 0.05) is 12.6 Å². The maximum absolute atomic E-state index is 13.0. The molecule has 17 heavy (non-hydrogen) atoms. The molecule has 0 radical (unpaired) electrons. The number of hydrogen-bond acceptors (Lipinski definition) is 2. The lowest BCUT2D eigenvalue weighted by Crippen LogP contribution is -2.32. The Balaban J connectivity index is 2.58. The van der Waals surface area contributed by atoms with Crippen LogP contribution < -0.4 is 5.32 Å². The van der Waals surface area contributed by atoms with E-state index < -0.39 is 17.7 Å². The first kappa shape index (κ1) is 14.1. The first-order valence-corrected chi connectivity index (χ1v) is 5.78. The normalized spacial score (nSPS) is 15.0. The molecule has 2 N–H and O–H groups in total. The molecule has 0 aromatic heterocycles. The Bertz CT molecular complexity index is 368. The Hall–Kier alpha value is -1.00. The summed E-state index contributed by atoms with van der Waals surface area (Å²) in [4.78, 5) is 0. The van der Waals surface area contributed by atoms with Crippen LogP contribution in [0.4, 0.5) is 8.78 Å². The molecule has 0 aliphatic carbocycles. The Morgan fingerprint density at radius 3 is 2.35 bits per heavy atom. The minimum absolute atomic E-state index is 0.126. The van der Waals surface area contributed by atoms with Crippen molar-refractivity contribution in [1.29, 1.82) is 0 Å². The molecule has 0 fully saturated rings. The van der Waals surface area contributed by atoms with Crippen LogP contribution in [0.2, 0.25) is 0 Å². The molecule has 0 saturated carbocycles. The fourth-order valence-corrected chi connectivity index (χ4v) is 1.43. The van der Waals surface area contributed by atoms with Crippen molar-refractivity contribution in [2.45, 2.75) is 32.9 Å². The molecule has 0 heterocycles. The molecule has 2 atom stereocenters. The van der Waals surface area contributed by atoms with Crippen LogP contribution in [0, 0.1) is 17.6 Å². The standard InChI is InChI=1S/C13H19F2NO/c1-8(2)13(17)7-16-9(3)10-4-5-11(14)12(15)6-10/h4-6,8-9,13,16-17H,7H2,1-3H3. The molecule has 2 nitrogen and oxygen atoms in total. The molecule has 0 spiro atoms. The number of aliphatic hydroxyl groups is 1. The van der Waals surface area contributed by atoms with Crippen molar-refractivity contribution in [1.82, 2.24) is 5.32 Å². The third-order valence-electron chi connectivity index (χ3n) is 2.85. The SMILES string of the molecule is CC(NCC(O)C(C)C)c1ccc(F)c(F)c1. The summed E-state index contributed by atoms with van der Waals surface area (Å²) in [5, 5.41) is 12.7. The molecule has 1 aromatic rings. The van der Waals surface area contributed by atoms with Gasteiger partial charge in [-0.3, -0.25) is 0 Å². The van der Waals surface area contributed by atoms with Crippen molar-refractivity contribution >= 4 is 0 Å². The summed E-state index contributed by atoms with van der Waals surface area (Å²) >= 11 is 0. The van der Waals surface area contributed by atoms with Crippen LogP contribution in [0.3, 0.4) is 0 Å². The number of halogens is 2. The number of rotatable bonds is 5. The van der Waals surface area contributed by atoms with Crippen LogP contribution in [0.5, 0.6) is 0 Å². The van der Waals surface area contributed by atoms with Gasteiger partial charge in [0.05, 0.1) is 6.10 Å². The summed E-state index contributed by atoms with van der Waals surface area (Å²) in [7, 11) is 0. The van der Waals surface area contributed by atoms with Crippen molar-refractivity contribution in [3.8, 4) is 0 Å². The van der Waals surface area contributed by atoms with Gasteiger partial charge in [0.2, 0.25) is 0 Å². The lowest BCUT2D eigenvalue weighted by atomic mass is 10.1. The van der Waals surface area contributed by atoms with E-state index in [-0.39, 0.29) is 12.0 Å². The lowest BCUT2D eigenvalue weighted by molar-refractivity contribution is 0.120. The van der Waals surface area contributed by atoms with Crippen LogP contribution >= 0.6 is 0 Å². The molecule has 0 aliphatic rings. The van der Waals surface area contributed by atoms with E-state index in [4.69, 9.17) is 0 Å². The highest BCUT2D eigenvalue weighted by Crippen LogP contribution is 2.16. The second-order valence-electron chi connectivity index (χ2n) is 4.61. The molecule has 96 valence electrons. The number of hydrogen-bond donors (Lipinski definition) is 2. The molecule has 0 bridgehead atoms. The van der Waals surface area contributed by atoms with Gasteiger partial charge < -0.3 is 10.4 Å². The van der Waals surface area contributed by atoms with Crippen molar-refractivity contribution in [3.63, 3.8) is 0 Å². The Morgan fingerprint density at radius 2 is 1.82 bits per heavy atom. The summed E-state index contributed by atoms with van der Waals surface area (Å²) in [5.41, 5.74) is 0.667. The predicted octanol–water partition coefficient (Wildman–Crippen LogP) is 2.63. The third-order valence-corrected chi connectivity index (χ3v) is 2.85. The third kappa shape index (κ3) is 4.06. The van der Waals surface area contributed by atoms with E-state index in [0.29, 0.717) is 12.1 Å². The zero-order valence-corrected chi connectivity index (χ0v) is 10.4. The predicted molar refractivity (Wildman–Crippen MR) is 63.6 cm³/mol. The number of aliphatic hydroxyl groups excluding tert-OH is 1. The van der Waals surface area contributed by atoms with Gasteiger partial charge in [-0.05, 0) is 30.5 Å². The van der Waals surface area contributed by atoms with Gasteiger partial charge in [-0.1, -0.05) is 19.9 Å². The molecule has 1 rings (SSSR count). The van der Waals surface area contributed by atoms with E-state index in [0.717, 1.165) is 6.07 Å². The summed E-state index contributed by atoms with van der Waals surface area (Å²) in [6.07, 6.45) is -0.442. The second kappa shape index (κ2) is 6.07. The van der Waals surface area contributed by atoms with E-state index in [1.54, 1.807) is 0 Å². The molecule has 0 aliphatic heterocycles. The van der Waals surface area contributed by atoms with Crippen molar-refractivity contribution in [2.24, 2.45) is 5.92 Å². The van der Waals surface area contributed by atoms with Crippen LogP contribution in [-0.4, -0.2) is 17.8 Å². The van der Waals surface area contributed by atoms with Crippen molar-refractivity contribution in [2.75, 3.05) is 6.54 Å². The van der Waals surface area contributed by atoms with Crippen LogP contribution in [0.1, 0.15) is 32.4 Å². The van der Waals surface area contributed by atoms with E-state index in [2.05, 4.69) is 5.32 Å². The monoisotopic (exact) mass is 243 g/mol. The average Bonchev–Trinajstić information content (AvgIpc) is 2.28. The molecular formula is C13H19F2NO. The zero-order chi connectivity index (χ0) is 13.0. The summed E-state index contributed by atoms with van der Waals surface area (Å²) in [6, 6.07) is 3.70. The fourth-order valence-electron chi connectivity index (χ4n) is 1.43. The van der Waals surface area contributed by atoms with Crippen LogP contribution in [0.25, 0.3) is 0 Å². The van der Waals surface area contributed by atoms with Gasteiger partial charge in [0.1, 0.15) is 0 Å². The van der Waals surface area contributed by atoms with E-state index in [9.17, 15) is 13.9 Å². The largest absolute Gasteiger partial charge is 0.392 e. The smallest absolute Gasteiger partial charge is 0.159 e. The molecule has 4 heteroatoms. The van der Waals surface area contributed by atoms with Gasteiger partial charge in [0.15, 0.2) is 11.6 Å². The Morgan fingerprint density at radius 1 is 1.18 bits per heavy atom. The van der Waals surface area contributed by atoms with Gasteiger partial charge >= 0.3 is 0 Å². The first-order chi connectivity index (χ1) is 7.91.